The minimum absolute atomic E-state index is 0.104. The van der Waals surface area contributed by atoms with Crippen LogP contribution in [0.15, 0.2) is 12.1 Å². The molecule has 0 aliphatic carbocycles. The Balaban J connectivity index is 1.70. The van der Waals surface area contributed by atoms with Crippen LogP contribution < -0.4 is 4.90 Å². The second kappa shape index (κ2) is 7.03. The second-order valence-corrected chi connectivity index (χ2v) is 7.11. The van der Waals surface area contributed by atoms with Gasteiger partial charge in [0.15, 0.2) is 11.5 Å². The smallest absolute Gasteiger partial charge is 0.274 e. The van der Waals surface area contributed by atoms with E-state index >= 15 is 0 Å². The summed E-state index contributed by atoms with van der Waals surface area (Å²) in [4.78, 5) is 16.8. The highest BCUT2D eigenvalue weighted by molar-refractivity contribution is 5.92. The molecule has 7 heteroatoms. The van der Waals surface area contributed by atoms with Crippen LogP contribution in [-0.4, -0.2) is 72.6 Å². The summed E-state index contributed by atoms with van der Waals surface area (Å²) < 4.78 is 11.1. The van der Waals surface area contributed by atoms with Crippen molar-refractivity contribution in [2.24, 2.45) is 0 Å². The van der Waals surface area contributed by atoms with Gasteiger partial charge in [-0.05, 0) is 38.8 Å². The van der Waals surface area contributed by atoms with E-state index in [1.165, 1.54) is 12.8 Å². The maximum atomic E-state index is 12.8. The van der Waals surface area contributed by atoms with Crippen molar-refractivity contribution in [2.75, 3.05) is 44.8 Å². The number of morpholine rings is 1. The van der Waals surface area contributed by atoms with Crippen LogP contribution >= 0.6 is 0 Å². The van der Waals surface area contributed by atoms with Crippen LogP contribution in [0.25, 0.3) is 0 Å². The zero-order chi connectivity index (χ0) is 17.2. The minimum atomic E-state index is -0.403. The van der Waals surface area contributed by atoms with Crippen molar-refractivity contribution in [3.8, 4) is 0 Å². The molecule has 1 aromatic heterocycles. The molecule has 0 radical (unpaired) electrons. The Morgan fingerprint density at radius 1 is 1.33 bits per heavy atom. The largest absolute Gasteiger partial charge is 0.382 e. The number of hydrogen-bond acceptors (Lipinski definition) is 6. The molecule has 1 amide bonds. The van der Waals surface area contributed by atoms with Gasteiger partial charge in [0, 0.05) is 33.3 Å². The monoisotopic (exact) mass is 334 g/mol. The number of nitrogens with zero attached hydrogens (tertiary/aromatic N) is 4. The van der Waals surface area contributed by atoms with E-state index in [1.54, 1.807) is 18.1 Å². The molecule has 7 nitrogen and oxygen atoms in total. The maximum absolute atomic E-state index is 12.8. The molecule has 0 unspecified atom stereocenters. The first-order chi connectivity index (χ1) is 11.5. The molecule has 0 N–H and O–H groups in total. The lowest BCUT2D eigenvalue weighted by Gasteiger charge is -2.42. The summed E-state index contributed by atoms with van der Waals surface area (Å²) in [5.74, 6) is 0.747. The fraction of sp³-hybridized carbons (Fsp3) is 0.706. The molecule has 0 aromatic carbocycles. The van der Waals surface area contributed by atoms with E-state index in [9.17, 15) is 4.79 Å². The number of carbonyl (C=O) groups is 1. The Morgan fingerprint density at radius 2 is 2.08 bits per heavy atom. The molecular formula is C17H26N4O3. The molecule has 2 aliphatic heterocycles. The van der Waals surface area contributed by atoms with E-state index < -0.39 is 5.60 Å². The summed E-state index contributed by atoms with van der Waals surface area (Å²) in [5.41, 5.74) is -0.0214. The van der Waals surface area contributed by atoms with Crippen molar-refractivity contribution in [1.82, 2.24) is 15.1 Å². The lowest BCUT2D eigenvalue weighted by Crippen LogP contribution is -2.55. The van der Waals surface area contributed by atoms with E-state index in [0.717, 1.165) is 18.9 Å². The van der Waals surface area contributed by atoms with Crippen LogP contribution in [-0.2, 0) is 9.47 Å². The molecule has 3 rings (SSSR count). The first-order valence-corrected chi connectivity index (χ1v) is 8.53. The molecular weight excluding hydrogens is 308 g/mol. The second-order valence-electron chi connectivity index (χ2n) is 7.11. The van der Waals surface area contributed by atoms with Crippen molar-refractivity contribution in [2.45, 2.75) is 38.4 Å². The molecule has 132 valence electrons. The van der Waals surface area contributed by atoms with Gasteiger partial charge in [-0.25, -0.2) is 0 Å². The predicted molar refractivity (Wildman–Crippen MR) is 90.2 cm³/mol. The fourth-order valence-corrected chi connectivity index (χ4v) is 3.44. The lowest BCUT2D eigenvalue weighted by atomic mass is 10.0. The molecule has 24 heavy (non-hydrogen) atoms. The number of ether oxygens (including phenoxy) is 2. The molecule has 2 aliphatic rings. The highest BCUT2D eigenvalue weighted by Gasteiger charge is 2.36. The zero-order valence-corrected chi connectivity index (χ0v) is 14.7. The number of hydrogen-bond donors (Lipinski definition) is 0. The number of carbonyl (C=O) groups excluding carboxylic acids is 1. The van der Waals surface area contributed by atoms with E-state index in [0.29, 0.717) is 25.4 Å². The molecule has 0 spiro atoms. The van der Waals surface area contributed by atoms with Crippen molar-refractivity contribution in [1.29, 1.82) is 0 Å². The molecule has 2 saturated heterocycles. The average molecular weight is 334 g/mol. The molecule has 2 fully saturated rings. The number of rotatable bonds is 4. The molecule has 3 heterocycles. The summed E-state index contributed by atoms with van der Waals surface area (Å²) in [7, 11) is 1.64. The third kappa shape index (κ3) is 3.84. The van der Waals surface area contributed by atoms with Crippen LogP contribution in [0.3, 0.4) is 0 Å². The molecule has 1 aromatic rings. The SMILES string of the molecule is COC[C@H]1CN(C(=O)c2ccc(N3CCCC3)nn2)CC(C)(C)O1. The predicted octanol–water partition coefficient (Wildman–Crippen LogP) is 1.34. The number of aromatic nitrogens is 2. The van der Waals surface area contributed by atoms with Gasteiger partial charge in [0.1, 0.15) is 0 Å². The highest BCUT2D eigenvalue weighted by atomic mass is 16.5. The van der Waals surface area contributed by atoms with Crippen molar-refractivity contribution >= 4 is 11.7 Å². The third-order valence-corrected chi connectivity index (χ3v) is 4.42. The maximum Gasteiger partial charge on any atom is 0.274 e. The van der Waals surface area contributed by atoms with Gasteiger partial charge in [-0.15, -0.1) is 10.2 Å². The molecule has 0 saturated carbocycles. The number of amides is 1. The van der Waals surface area contributed by atoms with Gasteiger partial charge in [0.2, 0.25) is 0 Å². The standard InChI is InChI=1S/C17H26N4O3/c1-17(2)12-21(10-13(24-17)11-23-3)16(22)14-6-7-15(19-18-14)20-8-4-5-9-20/h6-7,13H,4-5,8-12H2,1-3H3/t13-/m1/s1. The number of methoxy groups -OCH3 is 1. The Hall–Kier alpha value is -1.73. The van der Waals surface area contributed by atoms with Gasteiger partial charge in [0.25, 0.3) is 5.91 Å². The van der Waals surface area contributed by atoms with Crippen molar-refractivity contribution in [3.63, 3.8) is 0 Å². The van der Waals surface area contributed by atoms with Gasteiger partial charge in [-0.2, -0.15) is 0 Å². The van der Waals surface area contributed by atoms with E-state index in [1.807, 2.05) is 19.9 Å². The normalized spacial score (nSPS) is 23.5. The van der Waals surface area contributed by atoms with Gasteiger partial charge < -0.3 is 19.3 Å². The Labute approximate surface area is 142 Å². The summed E-state index contributed by atoms with van der Waals surface area (Å²) in [5, 5.41) is 8.40. The summed E-state index contributed by atoms with van der Waals surface area (Å²) >= 11 is 0. The van der Waals surface area contributed by atoms with Crippen LogP contribution in [0.1, 0.15) is 37.2 Å². The van der Waals surface area contributed by atoms with Crippen molar-refractivity contribution < 1.29 is 14.3 Å². The van der Waals surface area contributed by atoms with Crippen molar-refractivity contribution in [3.05, 3.63) is 17.8 Å². The summed E-state index contributed by atoms with van der Waals surface area (Å²) in [6, 6.07) is 3.67. The summed E-state index contributed by atoms with van der Waals surface area (Å²) in [6.07, 6.45) is 2.25. The minimum Gasteiger partial charge on any atom is -0.382 e. The van der Waals surface area contributed by atoms with Crippen LogP contribution in [0, 0.1) is 0 Å². The van der Waals surface area contributed by atoms with E-state index in [-0.39, 0.29) is 12.0 Å². The Morgan fingerprint density at radius 3 is 2.71 bits per heavy atom. The van der Waals surface area contributed by atoms with Crippen LogP contribution in [0.2, 0.25) is 0 Å². The number of anilines is 1. The van der Waals surface area contributed by atoms with Gasteiger partial charge >= 0.3 is 0 Å². The van der Waals surface area contributed by atoms with E-state index in [2.05, 4.69) is 15.1 Å². The first-order valence-electron chi connectivity index (χ1n) is 8.53. The third-order valence-electron chi connectivity index (χ3n) is 4.42. The van der Waals surface area contributed by atoms with Crippen LogP contribution in [0.4, 0.5) is 5.82 Å². The average Bonchev–Trinajstić information content (AvgIpc) is 3.07. The quantitative estimate of drug-likeness (QED) is 0.828. The topological polar surface area (TPSA) is 67.8 Å². The summed E-state index contributed by atoms with van der Waals surface area (Å²) in [6.45, 7) is 7.49. The van der Waals surface area contributed by atoms with Gasteiger partial charge in [-0.3, -0.25) is 4.79 Å². The molecule has 1 atom stereocenters. The fourth-order valence-electron chi connectivity index (χ4n) is 3.44. The molecule has 0 bridgehead atoms. The van der Waals surface area contributed by atoms with E-state index in [4.69, 9.17) is 9.47 Å². The lowest BCUT2D eigenvalue weighted by molar-refractivity contribution is -0.143. The van der Waals surface area contributed by atoms with Gasteiger partial charge in [0.05, 0.1) is 18.3 Å². The Bertz CT molecular complexity index is 570. The first kappa shape index (κ1) is 17.1. The highest BCUT2D eigenvalue weighted by Crippen LogP contribution is 2.23. The Kier molecular flexibility index (Phi) is 5.01. The van der Waals surface area contributed by atoms with Crippen LogP contribution in [0.5, 0.6) is 0 Å². The van der Waals surface area contributed by atoms with Gasteiger partial charge in [-0.1, -0.05) is 0 Å². The zero-order valence-electron chi connectivity index (χ0n) is 14.7.